The molecule has 86 valence electrons. The van der Waals surface area contributed by atoms with Crippen molar-refractivity contribution in [1.82, 2.24) is 5.32 Å². The van der Waals surface area contributed by atoms with Crippen molar-refractivity contribution < 1.29 is 0 Å². The highest BCUT2D eigenvalue weighted by Crippen LogP contribution is 2.20. The first kappa shape index (κ1) is 11.2. The van der Waals surface area contributed by atoms with E-state index in [0.717, 1.165) is 0 Å². The van der Waals surface area contributed by atoms with Crippen LogP contribution in [0.4, 0.5) is 5.69 Å². The lowest BCUT2D eigenvalue weighted by Gasteiger charge is -2.17. The topological polar surface area (TPSA) is 41.3 Å². The zero-order valence-electron chi connectivity index (χ0n) is 9.28. The van der Waals surface area contributed by atoms with Crippen molar-refractivity contribution in [1.29, 1.82) is 0 Å². The lowest BCUT2D eigenvalue weighted by Crippen LogP contribution is -2.28. The molecule has 1 aliphatic heterocycles. The predicted molar refractivity (Wildman–Crippen MR) is 71.5 cm³/mol. The monoisotopic (exact) mass is 235 g/mol. The van der Waals surface area contributed by atoms with Gasteiger partial charge in [-0.3, -0.25) is 0 Å². The van der Waals surface area contributed by atoms with Crippen LogP contribution in [-0.4, -0.2) is 18.2 Å². The maximum Gasteiger partial charge on any atom is 0.163 e. The molecule has 1 aromatic rings. The molecule has 1 aliphatic rings. The summed E-state index contributed by atoms with van der Waals surface area (Å²) in [6, 6.07) is 8.58. The van der Waals surface area contributed by atoms with E-state index in [2.05, 4.69) is 34.5 Å². The van der Waals surface area contributed by atoms with Gasteiger partial charge in [0.15, 0.2) is 5.11 Å². The first-order valence-electron chi connectivity index (χ1n) is 5.63. The van der Waals surface area contributed by atoms with Crippen molar-refractivity contribution in [2.75, 3.05) is 18.0 Å². The van der Waals surface area contributed by atoms with Gasteiger partial charge in [0.1, 0.15) is 0 Å². The third-order valence-corrected chi connectivity index (χ3v) is 3.02. The van der Waals surface area contributed by atoms with Crippen LogP contribution in [0.15, 0.2) is 24.3 Å². The summed E-state index contributed by atoms with van der Waals surface area (Å²) in [7, 11) is 0. The zero-order chi connectivity index (χ0) is 11.4. The Balaban J connectivity index is 1.95. The number of hydrogen-bond acceptors (Lipinski definition) is 2. The Morgan fingerprint density at radius 3 is 2.44 bits per heavy atom. The number of hydrogen-bond donors (Lipinski definition) is 2. The van der Waals surface area contributed by atoms with Crippen LogP contribution in [0.25, 0.3) is 0 Å². The molecule has 16 heavy (non-hydrogen) atoms. The molecule has 0 atom stereocenters. The summed E-state index contributed by atoms with van der Waals surface area (Å²) in [6.07, 6.45) is 2.62. The van der Waals surface area contributed by atoms with E-state index >= 15 is 0 Å². The van der Waals surface area contributed by atoms with E-state index in [9.17, 15) is 0 Å². The fourth-order valence-corrected chi connectivity index (χ4v) is 2.06. The summed E-state index contributed by atoms with van der Waals surface area (Å²) in [4.78, 5) is 2.42. The van der Waals surface area contributed by atoms with Gasteiger partial charge in [0, 0.05) is 25.3 Å². The highest BCUT2D eigenvalue weighted by Gasteiger charge is 2.11. The standard InChI is InChI=1S/C12H17N3S/c13-12(16)14-9-10-3-5-11(6-4-10)15-7-1-2-8-15/h3-6H,1-2,7-9H2,(H3,13,14,16). The predicted octanol–water partition coefficient (Wildman–Crippen LogP) is 1.62. The van der Waals surface area contributed by atoms with Crippen LogP contribution in [0.3, 0.4) is 0 Å². The minimum Gasteiger partial charge on any atom is -0.376 e. The molecule has 0 spiro atoms. The van der Waals surface area contributed by atoms with Gasteiger partial charge in [-0.1, -0.05) is 12.1 Å². The number of nitrogens with one attached hydrogen (secondary N) is 1. The second-order valence-corrected chi connectivity index (χ2v) is 4.52. The van der Waals surface area contributed by atoms with E-state index in [1.54, 1.807) is 0 Å². The minimum atomic E-state index is 0.351. The highest BCUT2D eigenvalue weighted by atomic mass is 32.1. The number of thiocarbonyl (C=S) groups is 1. The molecule has 0 bridgehead atoms. The molecular formula is C12H17N3S. The van der Waals surface area contributed by atoms with Crippen LogP contribution in [0.5, 0.6) is 0 Å². The van der Waals surface area contributed by atoms with Crippen molar-refractivity contribution in [2.45, 2.75) is 19.4 Å². The largest absolute Gasteiger partial charge is 0.376 e. The van der Waals surface area contributed by atoms with Gasteiger partial charge in [-0.05, 0) is 42.8 Å². The van der Waals surface area contributed by atoms with E-state index in [4.69, 9.17) is 18.0 Å². The van der Waals surface area contributed by atoms with E-state index in [-0.39, 0.29) is 0 Å². The van der Waals surface area contributed by atoms with Gasteiger partial charge in [-0.15, -0.1) is 0 Å². The number of benzene rings is 1. The molecule has 0 radical (unpaired) electrons. The Morgan fingerprint density at radius 1 is 1.25 bits per heavy atom. The summed E-state index contributed by atoms with van der Waals surface area (Å²) in [5.74, 6) is 0. The van der Waals surface area contributed by atoms with E-state index in [1.807, 2.05) is 0 Å². The minimum absolute atomic E-state index is 0.351. The van der Waals surface area contributed by atoms with Crippen molar-refractivity contribution in [3.63, 3.8) is 0 Å². The van der Waals surface area contributed by atoms with Crippen LogP contribution in [0, 0.1) is 0 Å². The molecule has 3 N–H and O–H groups in total. The molecule has 0 aromatic heterocycles. The van der Waals surface area contributed by atoms with Crippen molar-refractivity contribution in [3.05, 3.63) is 29.8 Å². The lowest BCUT2D eigenvalue weighted by atomic mass is 10.2. The molecule has 4 heteroatoms. The molecule has 1 fully saturated rings. The maximum atomic E-state index is 5.38. The number of rotatable bonds is 3. The third kappa shape index (κ3) is 2.85. The van der Waals surface area contributed by atoms with Crippen molar-refractivity contribution >= 4 is 23.0 Å². The van der Waals surface area contributed by atoms with Crippen LogP contribution >= 0.6 is 12.2 Å². The smallest absolute Gasteiger partial charge is 0.163 e. The fraction of sp³-hybridized carbons (Fsp3) is 0.417. The average Bonchev–Trinajstić information content (AvgIpc) is 2.80. The molecule has 1 heterocycles. The number of anilines is 1. The van der Waals surface area contributed by atoms with Crippen LogP contribution in [0.2, 0.25) is 0 Å². The molecule has 3 nitrogen and oxygen atoms in total. The first-order valence-corrected chi connectivity index (χ1v) is 6.04. The normalized spacial score (nSPS) is 15.1. The Hall–Kier alpha value is -1.29. The number of nitrogens with zero attached hydrogens (tertiary/aromatic N) is 1. The van der Waals surface area contributed by atoms with Gasteiger partial charge in [0.25, 0.3) is 0 Å². The van der Waals surface area contributed by atoms with Gasteiger partial charge >= 0.3 is 0 Å². The maximum absolute atomic E-state index is 5.38. The third-order valence-electron chi connectivity index (χ3n) is 2.87. The Labute approximate surface area is 102 Å². The molecule has 1 saturated heterocycles. The lowest BCUT2D eigenvalue weighted by molar-refractivity contribution is 0.916. The molecule has 0 aliphatic carbocycles. The van der Waals surface area contributed by atoms with Crippen LogP contribution in [0.1, 0.15) is 18.4 Å². The van der Waals surface area contributed by atoms with Crippen LogP contribution in [-0.2, 0) is 6.54 Å². The van der Waals surface area contributed by atoms with Gasteiger partial charge in [-0.2, -0.15) is 0 Å². The zero-order valence-corrected chi connectivity index (χ0v) is 10.1. The molecule has 1 aromatic carbocycles. The number of nitrogens with two attached hydrogens (primary N) is 1. The van der Waals surface area contributed by atoms with Crippen LogP contribution < -0.4 is 16.0 Å². The SMILES string of the molecule is NC(=S)NCc1ccc(N2CCCC2)cc1. The molecule has 0 saturated carbocycles. The first-order chi connectivity index (χ1) is 7.75. The Kier molecular flexibility index (Phi) is 3.62. The van der Waals surface area contributed by atoms with Crippen molar-refractivity contribution in [2.24, 2.45) is 5.73 Å². The fourth-order valence-electron chi connectivity index (χ4n) is 1.99. The van der Waals surface area contributed by atoms with Gasteiger partial charge < -0.3 is 16.0 Å². The second kappa shape index (κ2) is 5.16. The Morgan fingerprint density at radius 2 is 1.88 bits per heavy atom. The molecular weight excluding hydrogens is 218 g/mol. The van der Waals surface area contributed by atoms with Gasteiger partial charge in [-0.25, -0.2) is 0 Å². The van der Waals surface area contributed by atoms with Gasteiger partial charge in [0.05, 0.1) is 0 Å². The van der Waals surface area contributed by atoms with Gasteiger partial charge in [0.2, 0.25) is 0 Å². The Bertz CT molecular complexity index is 355. The van der Waals surface area contributed by atoms with E-state index in [0.29, 0.717) is 11.7 Å². The van der Waals surface area contributed by atoms with E-state index < -0.39 is 0 Å². The summed E-state index contributed by atoms with van der Waals surface area (Å²) in [6.45, 7) is 3.07. The quantitative estimate of drug-likeness (QED) is 0.781. The summed E-state index contributed by atoms with van der Waals surface area (Å²) < 4.78 is 0. The average molecular weight is 235 g/mol. The molecule has 2 rings (SSSR count). The summed E-state index contributed by atoms with van der Waals surface area (Å²) >= 11 is 4.77. The highest BCUT2D eigenvalue weighted by molar-refractivity contribution is 7.80. The summed E-state index contributed by atoms with van der Waals surface area (Å²) in [5, 5.41) is 3.30. The molecule has 0 amide bonds. The second-order valence-electron chi connectivity index (χ2n) is 4.08. The summed E-state index contributed by atoms with van der Waals surface area (Å²) in [5.41, 5.74) is 7.90. The molecule has 0 unspecified atom stereocenters. The van der Waals surface area contributed by atoms with E-state index in [1.165, 1.54) is 37.2 Å². The van der Waals surface area contributed by atoms with Crippen molar-refractivity contribution in [3.8, 4) is 0 Å².